The van der Waals surface area contributed by atoms with Crippen LogP contribution in [0.15, 0.2) is 30.5 Å². The molecule has 100 valence electrons. The standard InChI is InChI=1S/C15H18N2O2/c1-19-13-2-3-14-11(8-13)4-5-16-15(14)17-9-10-6-12(18)7-10/h2-5,8,10,12,18H,6-7,9H2,1H3,(H,16,17). The Morgan fingerprint density at radius 1 is 1.37 bits per heavy atom. The van der Waals surface area contributed by atoms with E-state index in [-0.39, 0.29) is 6.10 Å². The summed E-state index contributed by atoms with van der Waals surface area (Å²) >= 11 is 0. The van der Waals surface area contributed by atoms with Crippen LogP contribution in [0.5, 0.6) is 5.75 Å². The number of hydrogen-bond donors (Lipinski definition) is 2. The zero-order valence-corrected chi connectivity index (χ0v) is 11.0. The number of anilines is 1. The van der Waals surface area contributed by atoms with Crippen LogP contribution < -0.4 is 10.1 Å². The molecule has 4 nitrogen and oxygen atoms in total. The third kappa shape index (κ3) is 2.49. The minimum atomic E-state index is -0.100. The Morgan fingerprint density at radius 2 is 2.21 bits per heavy atom. The molecule has 0 aliphatic heterocycles. The van der Waals surface area contributed by atoms with E-state index in [1.165, 1.54) is 0 Å². The molecule has 0 atom stereocenters. The monoisotopic (exact) mass is 258 g/mol. The molecule has 0 bridgehead atoms. The first kappa shape index (κ1) is 12.2. The number of fused-ring (bicyclic) bond motifs is 1. The van der Waals surface area contributed by atoms with E-state index < -0.39 is 0 Å². The highest BCUT2D eigenvalue weighted by Gasteiger charge is 2.26. The zero-order valence-electron chi connectivity index (χ0n) is 11.0. The van der Waals surface area contributed by atoms with Gasteiger partial charge in [0.25, 0.3) is 0 Å². The smallest absolute Gasteiger partial charge is 0.133 e. The van der Waals surface area contributed by atoms with Crippen molar-refractivity contribution >= 4 is 16.6 Å². The van der Waals surface area contributed by atoms with Crippen LogP contribution in [0.25, 0.3) is 10.8 Å². The number of nitrogens with one attached hydrogen (secondary N) is 1. The van der Waals surface area contributed by atoms with Crippen LogP contribution in [-0.4, -0.2) is 29.8 Å². The lowest BCUT2D eigenvalue weighted by Crippen LogP contribution is -2.33. The highest BCUT2D eigenvalue weighted by atomic mass is 16.5. The maximum atomic E-state index is 9.29. The third-order valence-corrected chi connectivity index (χ3v) is 3.74. The van der Waals surface area contributed by atoms with Crippen molar-refractivity contribution in [1.29, 1.82) is 0 Å². The first-order valence-corrected chi connectivity index (χ1v) is 6.61. The minimum Gasteiger partial charge on any atom is -0.497 e. The van der Waals surface area contributed by atoms with Gasteiger partial charge in [-0.2, -0.15) is 0 Å². The topological polar surface area (TPSA) is 54.4 Å². The molecule has 0 radical (unpaired) electrons. The Labute approximate surface area is 112 Å². The van der Waals surface area contributed by atoms with E-state index in [0.717, 1.165) is 41.7 Å². The van der Waals surface area contributed by atoms with Crippen molar-refractivity contribution in [2.75, 3.05) is 19.0 Å². The Hall–Kier alpha value is -1.81. The number of rotatable bonds is 4. The number of ether oxygens (including phenoxy) is 1. The van der Waals surface area contributed by atoms with Crippen molar-refractivity contribution in [3.8, 4) is 5.75 Å². The summed E-state index contributed by atoms with van der Waals surface area (Å²) in [5.41, 5.74) is 0. The van der Waals surface area contributed by atoms with Gasteiger partial charge in [-0.05, 0) is 48.4 Å². The molecule has 1 aliphatic carbocycles. The first-order chi connectivity index (χ1) is 9.26. The predicted octanol–water partition coefficient (Wildman–Crippen LogP) is 2.43. The van der Waals surface area contributed by atoms with Crippen molar-refractivity contribution in [1.82, 2.24) is 4.98 Å². The van der Waals surface area contributed by atoms with E-state index in [1.54, 1.807) is 13.3 Å². The molecule has 2 aromatic rings. The Balaban J connectivity index is 1.79. The summed E-state index contributed by atoms with van der Waals surface area (Å²) in [6.45, 7) is 0.870. The fourth-order valence-corrected chi connectivity index (χ4v) is 2.53. The highest BCUT2D eigenvalue weighted by Crippen LogP contribution is 2.29. The number of aromatic nitrogens is 1. The summed E-state index contributed by atoms with van der Waals surface area (Å²) < 4.78 is 5.23. The number of methoxy groups -OCH3 is 1. The van der Waals surface area contributed by atoms with Gasteiger partial charge in [-0.1, -0.05) is 0 Å². The summed E-state index contributed by atoms with van der Waals surface area (Å²) in [6, 6.07) is 7.97. The van der Waals surface area contributed by atoms with E-state index in [0.29, 0.717) is 5.92 Å². The van der Waals surface area contributed by atoms with Crippen LogP contribution in [0.2, 0.25) is 0 Å². The number of hydrogen-bond acceptors (Lipinski definition) is 4. The van der Waals surface area contributed by atoms with Gasteiger partial charge in [-0.25, -0.2) is 4.98 Å². The number of nitrogens with zero attached hydrogens (tertiary/aromatic N) is 1. The molecule has 2 N–H and O–H groups in total. The number of benzene rings is 1. The van der Waals surface area contributed by atoms with Crippen LogP contribution in [0, 0.1) is 5.92 Å². The largest absolute Gasteiger partial charge is 0.497 e. The third-order valence-electron chi connectivity index (χ3n) is 3.74. The van der Waals surface area contributed by atoms with Gasteiger partial charge < -0.3 is 15.2 Å². The van der Waals surface area contributed by atoms with E-state index >= 15 is 0 Å². The maximum Gasteiger partial charge on any atom is 0.133 e. The first-order valence-electron chi connectivity index (χ1n) is 6.61. The second-order valence-electron chi connectivity index (χ2n) is 5.12. The lowest BCUT2D eigenvalue weighted by molar-refractivity contribution is 0.0487. The summed E-state index contributed by atoms with van der Waals surface area (Å²) in [6.07, 6.45) is 3.49. The second-order valence-corrected chi connectivity index (χ2v) is 5.12. The number of aliphatic hydroxyl groups is 1. The van der Waals surface area contributed by atoms with Gasteiger partial charge in [0.2, 0.25) is 0 Å². The highest BCUT2D eigenvalue weighted by molar-refractivity contribution is 5.92. The second kappa shape index (κ2) is 5.05. The van der Waals surface area contributed by atoms with Gasteiger partial charge in [-0.3, -0.25) is 0 Å². The molecule has 0 spiro atoms. The molecule has 0 unspecified atom stereocenters. The fraction of sp³-hybridized carbons (Fsp3) is 0.400. The predicted molar refractivity (Wildman–Crippen MR) is 75.5 cm³/mol. The van der Waals surface area contributed by atoms with Crippen molar-refractivity contribution in [2.24, 2.45) is 5.92 Å². The molecule has 4 heteroatoms. The lowest BCUT2D eigenvalue weighted by atomic mass is 9.82. The van der Waals surface area contributed by atoms with E-state index in [4.69, 9.17) is 4.74 Å². The normalized spacial score (nSPS) is 22.0. The summed E-state index contributed by atoms with van der Waals surface area (Å²) in [7, 11) is 1.67. The molecule has 1 aromatic heterocycles. The van der Waals surface area contributed by atoms with Gasteiger partial charge >= 0.3 is 0 Å². The molecule has 1 heterocycles. The van der Waals surface area contributed by atoms with Crippen molar-refractivity contribution in [3.63, 3.8) is 0 Å². The summed E-state index contributed by atoms with van der Waals surface area (Å²) in [5, 5.41) is 14.9. The number of aliphatic hydroxyl groups excluding tert-OH is 1. The fourth-order valence-electron chi connectivity index (χ4n) is 2.53. The molecule has 1 fully saturated rings. The van der Waals surface area contributed by atoms with Crippen molar-refractivity contribution in [2.45, 2.75) is 18.9 Å². The summed E-state index contributed by atoms with van der Waals surface area (Å²) in [5.74, 6) is 2.32. The average molecular weight is 258 g/mol. The Bertz CT molecular complexity index is 579. The Morgan fingerprint density at radius 3 is 2.95 bits per heavy atom. The van der Waals surface area contributed by atoms with Crippen LogP contribution in [0.3, 0.4) is 0 Å². The quantitative estimate of drug-likeness (QED) is 0.884. The van der Waals surface area contributed by atoms with Crippen LogP contribution in [-0.2, 0) is 0 Å². The minimum absolute atomic E-state index is 0.100. The molecular weight excluding hydrogens is 240 g/mol. The summed E-state index contributed by atoms with van der Waals surface area (Å²) in [4.78, 5) is 4.40. The van der Waals surface area contributed by atoms with Gasteiger partial charge in [-0.15, -0.1) is 0 Å². The van der Waals surface area contributed by atoms with Gasteiger partial charge in [0.05, 0.1) is 13.2 Å². The molecular formula is C15H18N2O2. The van der Waals surface area contributed by atoms with E-state index in [2.05, 4.69) is 10.3 Å². The molecule has 1 aromatic carbocycles. The molecule has 0 saturated heterocycles. The van der Waals surface area contributed by atoms with Crippen LogP contribution in [0.1, 0.15) is 12.8 Å². The van der Waals surface area contributed by atoms with Gasteiger partial charge in [0, 0.05) is 18.1 Å². The van der Waals surface area contributed by atoms with Crippen LogP contribution >= 0.6 is 0 Å². The van der Waals surface area contributed by atoms with Crippen LogP contribution in [0.4, 0.5) is 5.82 Å². The molecule has 19 heavy (non-hydrogen) atoms. The maximum absolute atomic E-state index is 9.29. The SMILES string of the molecule is COc1ccc2c(NCC3CC(O)C3)nccc2c1. The molecule has 3 rings (SSSR count). The van der Waals surface area contributed by atoms with Gasteiger partial charge in [0.1, 0.15) is 11.6 Å². The molecule has 1 saturated carbocycles. The van der Waals surface area contributed by atoms with E-state index in [9.17, 15) is 5.11 Å². The Kier molecular flexibility index (Phi) is 3.25. The molecule has 0 amide bonds. The van der Waals surface area contributed by atoms with Crippen molar-refractivity contribution < 1.29 is 9.84 Å². The zero-order chi connectivity index (χ0) is 13.2. The average Bonchev–Trinajstić information content (AvgIpc) is 2.41. The van der Waals surface area contributed by atoms with Gasteiger partial charge in [0.15, 0.2) is 0 Å². The van der Waals surface area contributed by atoms with Crippen molar-refractivity contribution in [3.05, 3.63) is 30.5 Å². The number of pyridine rings is 1. The molecule has 1 aliphatic rings. The van der Waals surface area contributed by atoms with E-state index in [1.807, 2.05) is 24.3 Å². The lowest BCUT2D eigenvalue weighted by Gasteiger charge is -2.31.